The summed E-state index contributed by atoms with van der Waals surface area (Å²) >= 11 is 0. The van der Waals surface area contributed by atoms with Crippen LogP contribution in [0.5, 0.6) is 0 Å². The highest BCUT2D eigenvalue weighted by Crippen LogP contribution is 2.14. The minimum Gasteiger partial charge on any atom is -0.354 e. The number of benzene rings is 1. The molecule has 0 aliphatic carbocycles. The summed E-state index contributed by atoms with van der Waals surface area (Å²) < 4.78 is 2.20. The van der Waals surface area contributed by atoms with Crippen LogP contribution in [0.4, 0.5) is 0 Å². The van der Waals surface area contributed by atoms with E-state index in [2.05, 4.69) is 20.1 Å². The van der Waals surface area contributed by atoms with E-state index in [4.69, 9.17) is 5.73 Å². The molecule has 0 fully saturated rings. The fourth-order valence-electron chi connectivity index (χ4n) is 2.95. The van der Waals surface area contributed by atoms with E-state index in [1.165, 1.54) is 19.3 Å². The summed E-state index contributed by atoms with van der Waals surface area (Å²) in [5.74, 6) is 1.87. The lowest BCUT2D eigenvalue weighted by atomic mass is 10.1. The lowest BCUT2D eigenvalue weighted by molar-refractivity contribution is -0.122. The molecule has 3 N–H and O–H groups in total. The van der Waals surface area contributed by atoms with Crippen molar-refractivity contribution in [2.24, 2.45) is 5.73 Å². The van der Waals surface area contributed by atoms with Crippen molar-refractivity contribution in [3.8, 4) is 0 Å². The Morgan fingerprint density at radius 3 is 2.87 bits per heavy atom. The molecule has 0 bridgehead atoms. The second-order valence-electron chi connectivity index (χ2n) is 5.92. The highest BCUT2D eigenvalue weighted by atomic mass is 16.2. The third-order valence-electron chi connectivity index (χ3n) is 4.28. The average molecular weight is 313 g/mol. The molecular formula is C17H23N5O. The normalized spacial score (nSPS) is 15.5. The largest absolute Gasteiger partial charge is 0.354 e. The van der Waals surface area contributed by atoms with Crippen molar-refractivity contribution in [3.63, 3.8) is 0 Å². The monoisotopic (exact) mass is 313 g/mol. The van der Waals surface area contributed by atoms with Crippen molar-refractivity contribution >= 4 is 5.91 Å². The van der Waals surface area contributed by atoms with Crippen molar-refractivity contribution in [1.29, 1.82) is 0 Å². The van der Waals surface area contributed by atoms with Crippen LogP contribution >= 0.6 is 0 Å². The number of hydrogen-bond donors (Lipinski definition) is 2. The standard InChI is InChI=1S/C17H23N5O/c18-16(13-7-3-1-4-8-13)17(23)19-11-10-15-21-20-14-9-5-2-6-12-22(14)15/h1,3-4,7-8,16H,2,5-6,9-12,18H2,(H,19,23). The molecule has 2 aromatic rings. The van der Waals surface area contributed by atoms with Crippen LogP contribution in [-0.4, -0.2) is 27.2 Å². The van der Waals surface area contributed by atoms with Gasteiger partial charge >= 0.3 is 0 Å². The van der Waals surface area contributed by atoms with Gasteiger partial charge in [0.15, 0.2) is 0 Å². The Labute approximate surface area is 136 Å². The van der Waals surface area contributed by atoms with Gasteiger partial charge in [0.2, 0.25) is 5.91 Å². The Morgan fingerprint density at radius 2 is 2.04 bits per heavy atom. The molecule has 1 aliphatic heterocycles. The molecule has 1 amide bonds. The summed E-state index contributed by atoms with van der Waals surface area (Å²) in [5.41, 5.74) is 6.80. The van der Waals surface area contributed by atoms with Gasteiger partial charge in [-0.2, -0.15) is 0 Å². The summed E-state index contributed by atoms with van der Waals surface area (Å²) in [6.45, 7) is 1.51. The van der Waals surface area contributed by atoms with E-state index in [9.17, 15) is 4.79 Å². The van der Waals surface area contributed by atoms with Crippen LogP contribution < -0.4 is 11.1 Å². The number of rotatable bonds is 5. The van der Waals surface area contributed by atoms with Crippen LogP contribution in [0, 0.1) is 0 Å². The van der Waals surface area contributed by atoms with E-state index in [1.54, 1.807) is 0 Å². The first kappa shape index (κ1) is 15.7. The molecule has 2 heterocycles. The summed E-state index contributed by atoms with van der Waals surface area (Å²) in [5, 5.41) is 11.4. The molecular weight excluding hydrogens is 290 g/mol. The Bertz CT molecular complexity index is 652. The van der Waals surface area contributed by atoms with Crippen molar-refractivity contribution in [1.82, 2.24) is 20.1 Å². The molecule has 6 nitrogen and oxygen atoms in total. The fourth-order valence-corrected chi connectivity index (χ4v) is 2.95. The molecule has 0 spiro atoms. The molecule has 1 aliphatic rings. The summed E-state index contributed by atoms with van der Waals surface area (Å²) in [4.78, 5) is 12.1. The van der Waals surface area contributed by atoms with Crippen LogP contribution in [0.25, 0.3) is 0 Å². The number of hydrogen-bond acceptors (Lipinski definition) is 4. The Kier molecular flexibility index (Phi) is 5.02. The molecule has 1 unspecified atom stereocenters. The molecule has 23 heavy (non-hydrogen) atoms. The molecule has 0 saturated heterocycles. The molecule has 0 radical (unpaired) electrons. The number of carbonyl (C=O) groups is 1. The number of nitrogens with two attached hydrogens (primary N) is 1. The van der Waals surface area contributed by atoms with Crippen molar-refractivity contribution in [2.75, 3.05) is 6.54 Å². The molecule has 6 heteroatoms. The highest BCUT2D eigenvalue weighted by molar-refractivity contribution is 5.82. The van der Waals surface area contributed by atoms with Gasteiger partial charge < -0.3 is 15.6 Å². The van der Waals surface area contributed by atoms with Gasteiger partial charge in [-0.1, -0.05) is 36.8 Å². The number of carbonyl (C=O) groups excluding carboxylic acids is 1. The molecule has 1 aromatic carbocycles. The maximum Gasteiger partial charge on any atom is 0.241 e. The lowest BCUT2D eigenvalue weighted by Crippen LogP contribution is -2.35. The van der Waals surface area contributed by atoms with Crippen molar-refractivity contribution in [2.45, 2.75) is 44.7 Å². The quantitative estimate of drug-likeness (QED) is 0.873. The number of amides is 1. The minimum absolute atomic E-state index is 0.160. The Balaban J connectivity index is 1.53. The second kappa shape index (κ2) is 7.37. The third kappa shape index (κ3) is 3.76. The lowest BCUT2D eigenvalue weighted by Gasteiger charge is -2.12. The van der Waals surface area contributed by atoms with Gasteiger partial charge in [-0.05, 0) is 18.4 Å². The maximum atomic E-state index is 12.1. The Morgan fingerprint density at radius 1 is 1.22 bits per heavy atom. The highest BCUT2D eigenvalue weighted by Gasteiger charge is 2.17. The molecule has 0 saturated carbocycles. The summed E-state index contributed by atoms with van der Waals surface area (Å²) in [6, 6.07) is 8.77. The topological polar surface area (TPSA) is 85.8 Å². The zero-order valence-corrected chi connectivity index (χ0v) is 13.2. The minimum atomic E-state index is -0.633. The smallest absolute Gasteiger partial charge is 0.241 e. The maximum absolute atomic E-state index is 12.1. The first-order valence-electron chi connectivity index (χ1n) is 8.25. The van der Waals surface area contributed by atoms with Crippen LogP contribution in [-0.2, 0) is 24.2 Å². The first-order chi connectivity index (χ1) is 11.3. The molecule has 1 aromatic heterocycles. The van der Waals surface area contributed by atoms with E-state index in [-0.39, 0.29) is 5.91 Å². The number of aromatic nitrogens is 3. The van der Waals surface area contributed by atoms with Crippen LogP contribution in [0.1, 0.15) is 42.5 Å². The van der Waals surface area contributed by atoms with Gasteiger partial charge in [0.25, 0.3) is 0 Å². The van der Waals surface area contributed by atoms with Gasteiger partial charge in [-0.15, -0.1) is 10.2 Å². The van der Waals surface area contributed by atoms with E-state index in [1.807, 2.05) is 30.3 Å². The predicted molar refractivity (Wildman–Crippen MR) is 87.7 cm³/mol. The van der Waals surface area contributed by atoms with Gasteiger partial charge in [-0.3, -0.25) is 4.79 Å². The predicted octanol–water partition coefficient (Wildman–Crippen LogP) is 1.36. The molecule has 3 rings (SSSR count). The zero-order valence-electron chi connectivity index (χ0n) is 13.2. The second-order valence-corrected chi connectivity index (χ2v) is 5.92. The van der Waals surface area contributed by atoms with Crippen molar-refractivity contribution in [3.05, 3.63) is 47.5 Å². The summed E-state index contributed by atoms with van der Waals surface area (Å²) in [6.07, 6.45) is 5.27. The number of aryl methyl sites for hydroxylation is 1. The first-order valence-corrected chi connectivity index (χ1v) is 8.25. The van der Waals surface area contributed by atoms with Gasteiger partial charge in [0, 0.05) is 25.9 Å². The van der Waals surface area contributed by atoms with Gasteiger partial charge in [-0.25, -0.2) is 0 Å². The van der Waals surface area contributed by atoms with Gasteiger partial charge in [0.1, 0.15) is 17.7 Å². The average Bonchev–Trinajstić information content (AvgIpc) is 2.82. The molecule has 122 valence electrons. The number of nitrogens with zero attached hydrogens (tertiary/aromatic N) is 3. The van der Waals surface area contributed by atoms with E-state index >= 15 is 0 Å². The van der Waals surface area contributed by atoms with Gasteiger partial charge in [0.05, 0.1) is 0 Å². The van der Waals surface area contributed by atoms with E-state index in [0.717, 1.165) is 30.2 Å². The van der Waals surface area contributed by atoms with Crippen LogP contribution in [0.3, 0.4) is 0 Å². The van der Waals surface area contributed by atoms with Crippen LogP contribution in [0.2, 0.25) is 0 Å². The van der Waals surface area contributed by atoms with Crippen LogP contribution in [0.15, 0.2) is 30.3 Å². The molecule has 1 atom stereocenters. The third-order valence-corrected chi connectivity index (χ3v) is 4.28. The number of fused-ring (bicyclic) bond motifs is 1. The van der Waals surface area contributed by atoms with E-state index in [0.29, 0.717) is 13.0 Å². The Hall–Kier alpha value is -2.21. The zero-order chi connectivity index (χ0) is 16.1. The SMILES string of the molecule is NC(C(=O)NCCc1nnc2n1CCCCC2)c1ccccc1. The fraction of sp³-hybridized carbons (Fsp3) is 0.471. The van der Waals surface area contributed by atoms with Crippen molar-refractivity contribution < 1.29 is 4.79 Å². The van der Waals surface area contributed by atoms with E-state index < -0.39 is 6.04 Å². The summed E-state index contributed by atoms with van der Waals surface area (Å²) in [7, 11) is 0. The number of nitrogens with one attached hydrogen (secondary N) is 1.